The minimum absolute atomic E-state index is 0.238. The van der Waals surface area contributed by atoms with Gasteiger partial charge in [-0.25, -0.2) is 13.2 Å². The van der Waals surface area contributed by atoms with E-state index in [-0.39, 0.29) is 11.3 Å². The second-order valence-corrected chi connectivity index (χ2v) is 7.22. The molecule has 0 aromatic carbocycles. The summed E-state index contributed by atoms with van der Waals surface area (Å²) < 4.78 is 26.4. The number of hydrogen-bond acceptors (Lipinski definition) is 5. The SMILES string of the molecule is Cc1[nH]nc(S(=O)(=O)N2CCN(C(C)C)CC2)c1C(=O)O. The first-order chi connectivity index (χ1) is 9.75. The average molecular weight is 316 g/mol. The maximum absolute atomic E-state index is 12.6. The van der Waals surface area contributed by atoms with Crippen LogP contribution in [-0.2, 0) is 10.0 Å². The van der Waals surface area contributed by atoms with Gasteiger partial charge < -0.3 is 5.11 Å². The summed E-state index contributed by atoms with van der Waals surface area (Å²) >= 11 is 0. The van der Waals surface area contributed by atoms with Crippen LogP contribution in [0.15, 0.2) is 5.03 Å². The van der Waals surface area contributed by atoms with E-state index < -0.39 is 21.0 Å². The second-order valence-electron chi connectivity index (χ2n) is 5.37. The fraction of sp³-hybridized carbons (Fsp3) is 0.667. The molecule has 0 unspecified atom stereocenters. The van der Waals surface area contributed by atoms with E-state index in [1.807, 2.05) is 0 Å². The van der Waals surface area contributed by atoms with Gasteiger partial charge in [0.25, 0.3) is 10.0 Å². The Bertz CT molecular complexity index is 630. The number of sulfonamides is 1. The van der Waals surface area contributed by atoms with Gasteiger partial charge in [-0.1, -0.05) is 0 Å². The van der Waals surface area contributed by atoms with Crippen molar-refractivity contribution in [1.29, 1.82) is 0 Å². The molecule has 1 aromatic rings. The number of rotatable bonds is 4. The number of hydrogen-bond donors (Lipinski definition) is 2. The topological polar surface area (TPSA) is 107 Å². The number of H-pyrrole nitrogens is 1. The average Bonchev–Trinajstić information content (AvgIpc) is 2.81. The normalized spacial score (nSPS) is 18.3. The molecule has 9 heteroatoms. The van der Waals surface area contributed by atoms with Gasteiger partial charge in [-0.3, -0.25) is 10.00 Å². The number of aryl methyl sites for hydroxylation is 1. The maximum atomic E-state index is 12.6. The number of aromatic carboxylic acids is 1. The van der Waals surface area contributed by atoms with Crippen molar-refractivity contribution in [3.63, 3.8) is 0 Å². The van der Waals surface area contributed by atoms with Crippen molar-refractivity contribution in [3.05, 3.63) is 11.3 Å². The molecule has 0 amide bonds. The Labute approximate surface area is 123 Å². The van der Waals surface area contributed by atoms with Gasteiger partial charge in [0.05, 0.1) is 0 Å². The molecular formula is C12H20N4O4S. The summed E-state index contributed by atoms with van der Waals surface area (Å²) in [6, 6.07) is 0.358. The summed E-state index contributed by atoms with van der Waals surface area (Å²) in [7, 11) is -3.88. The van der Waals surface area contributed by atoms with Crippen molar-refractivity contribution >= 4 is 16.0 Å². The van der Waals surface area contributed by atoms with Crippen LogP contribution >= 0.6 is 0 Å². The van der Waals surface area contributed by atoms with Gasteiger partial charge in [-0.15, -0.1) is 0 Å². The van der Waals surface area contributed by atoms with Crippen LogP contribution in [0.1, 0.15) is 29.9 Å². The fourth-order valence-corrected chi connectivity index (χ4v) is 3.98. The van der Waals surface area contributed by atoms with Crippen LogP contribution in [0, 0.1) is 6.92 Å². The maximum Gasteiger partial charge on any atom is 0.340 e. The first kappa shape index (κ1) is 15.9. The van der Waals surface area contributed by atoms with Crippen molar-refractivity contribution in [2.45, 2.75) is 31.8 Å². The van der Waals surface area contributed by atoms with Gasteiger partial charge in [0, 0.05) is 37.9 Å². The molecular weight excluding hydrogens is 296 g/mol. The van der Waals surface area contributed by atoms with E-state index in [1.54, 1.807) is 0 Å². The summed E-state index contributed by atoms with van der Waals surface area (Å²) in [4.78, 5) is 13.4. The molecule has 2 heterocycles. The summed E-state index contributed by atoms with van der Waals surface area (Å²) in [5.74, 6) is -1.29. The number of carboxylic acids is 1. The molecule has 2 rings (SSSR count). The zero-order valence-electron chi connectivity index (χ0n) is 12.3. The van der Waals surface area contributed by atoms with Crippen LogP contribution in [0.25, 0.3) is 0 Å². The third kappa shape index (κ3) is 2.94. The van der Waals surface area contributed by atoms with Gasteiger partial charge in [-0.05, 0) is 20.8 Å². The number of carboxylic acid groups (broad SMARTS) is 1. The molecule has 8 nitrogen and oxygen atoms in total. The first-order valence-electron chi connectivity index (χ1n) is 6.77. The number of aromatic amines is 1. The van der Waals surface area contributed by atoms with Gasteiger partial charge >= 0.3 is 5.97 Å². The zero-order valence-corrected chi connectivity index (χ0v) is 13.1. The predicted molar refractivity (Wildman–Crippen MR) is 75.8 cm³/mol. The van der Waals surface area contributed by atoms with Crippen molar-refractivity contribution in [2.24, 2.45) is 0 Å². The lowest BCUT2D eigenvalue weighted by molar-refractivity contribution is 0.0691. The standard InChI is InChI=1S/C12H20N4O4S/c1-8(2)15-4-6-16(7-5-15)21(19,20)11-10(12(17)18)9(3)13-14-11/h8H,4-7H2,1-3H3,(H,13,14)(H,17,18). The van der Waals surface area contributed by atoms with Gasteiger partial charge in [0.15, 0.2) is 0 Å². The number of nitrogens with zero attached hydrogens (tertiary/aromatic N) is 3. The Morgan fingerprint density at radius 3 is 2.33 bits per heavy atom. The summed E-state index contributed by atoms with van der Waals surface area (Å²) in [5, 5.41) is 14.9. The smallest absolute Gasteiger partial charge is 0.340 e. The first-order valence-corrected chi connectivity index (χ1v) is 8.21. The minimum Gasteiger partial charge on any atom is -0.478 e. The van der Waals surface area contributed by atoms with Gasteiger partial charge in [-0.2, -0.15) is 9.40 Å². The molecule has 0 spiro atoms. The summed E-state index contributed by atoms with van der Waals surface area (Å²) in [6.07, 6.45) is 0. The number of carbonyl (C=O) groups is 1. The van der Waals surface area contributed by atoms with Crippen LogP contribution in [0.5, 0.6) is 0 Å². The predicted octanol–water partition coefficient (Wildman–Crippen LogP) is 0.131. The number of aromatic nitrogens is 2. The third-order valence-electron chi connectivity index (χ3n) is 3.72. The van der Waals surface area contributed by atoms with Crippen molar-refractivity contribution < 1.29 is 18.3 Å². The number of nitrogens with one attached hydrogen (secondary N) is 1. The Morgan fingerprint density at radius 1 is 1.29 bits per heavy atom. The van der Waals surface area contributed by atoms with Crippen molar-refractivity contribution in [2.75, 3.05) is 26.2 Å². The molecule has 1 saturated heterocycles. The highest BCUT2D eigenvalue weighted by Gasteiger charge is 2.35. The van der Waals surface area contributed by atoms with E-state index >= 15 is 0 Å². The lowest BCUT2D eigenvalue weighted by Gasteiger charge is -2.35. The largest absolute Gasteiger partial charge is 0.478 e. The van der Waals surface area contributed by atoms with Crippen LogP contribution < -0.4 is 0 Å². The van der Waals surface area contributed by atoms with Crippen LogP contribution in [0.3, 0.4) is 0 Å². The molecule has 0 atom stereocenters. The van der Waals surface area contributed by atoms with E-state index in [4.69, 9.17) is 5.11 Å². The molecule has 1 aliphatic rings. The highest BCUT2D eigenvalue weighted by molar-refractivity contribution is 7.89. The quantitative estimate of drug-likeness (QED) is 0.818. The highest BCUT2D eigenvalue weighted by Crippen LogP contribution is 2.22. The molecule has 0 bridgehead atoms. The van der Waals surface area contributed by atoms with Crippen LogP contribution in [0.4, 0.5) is 0 Å². The van der Waals surface area contributed by atoms with E-state index in [0.717, 1.165) is 0 Å². The Kier molecular flexibility index (Phi) is 4.35. The summed E-state index contributed by atoms with van der Waals surface area (Å²) in [6.45, 7) is 7.54. The molecule has 0 radical (unpaired) electrons. The van der Waals surface area contributed by atoms with Gasteiger partial charge in [0.2, 0.25) is 5.03 Å². The molecule has 1 fully saturated rings. The molecule has 1 aliphatic heterocycles. The van der Waals surface area contributed by atoms with Crippen LogP contribution in [0.2, 0.25) is 0 Å². The Balaban J connectivity index is 2.26. The zero-order chi connectivity index (χ0) is 15.8. The lowest BCUT2D eigenvalue weighted by Crippen LogP contribution is -2.50. The minimum atomic E-state index is -3.88. The van der Waals surface area contributed by atoms with Gasteiger partial charge in [0.1, 0.15) is 5.56 Å². The molecule has 118 valence electrons. The Morgan fingerprint density at radius 2 is 1.86 bits per heavy atom. The fourth-order valence-electron chi connectivity index (χ4n) is 2.43. The van der Waals surface area contributed by atoms with E-state index in [1.165, 1.54) is 11.2 Å². The third-order valence-corrected chi connectivity index (χ3v) is 5.54. The molecule has 0 aliphatic carbocycles. The molecule has 1 aromatic heterocycles. The number of piperazine rings is 1. The van der Waals surface area contributed by atoms with E-state index in [0.29, 0.717) is 32.2 Å². The lowest BCUT2D eigenvalue weighted by atomic mass is 10.3. The van der Waals surface area contributed by atoms with Crippen LogP contribution in [-0.4, -0.2) is 71.1 Å². The summed E-state index contributed by atoms with van der Waals surface area (Å²) in [5.41, 5.74) is -0.0387. The van der Waals surface area contributed by atoms with Crippen molar-refractivity contribution in [1.82, 2.24) is 19.4 Å². The van der Waals surface area contributed by atoms with Crippen molar-refractivity contribution in [3.8, 4) is 0 Å². The van der Waals surface area contributed by atoms with E-state index in [2.05, 4.69) is 28.9 Å². The highest BCUT2D eigenvalue weighted by atomic mass is 32.2. The molecule has 0 saturated carbocycles. The molecule has 21 heavy (non-hydrogen) atoms. The van der Waals surface area contributed by atoms with E-state index in [9.17, 15) is 13.2 Å². The second kappa shape index (κ2) is 5.74. The Hall–Kier alpha value is -1.45. The molecule has 2 N–H and O–H groups in total. The monoisotopic (exact) mass is 316 g/mol.